The second kappa shape index (κ2) is 7.47. The fourth-order valence-electron chi connectivity index (χ4n) is 2.21. The molecule has 0 spiro atoms. The highest BCUT2D eigenvalue weighted by atomic mass is 35.5. The number of esters is 1. The Labute approximate surface area is 160 Å². The van der Waals surface area contributed by atoms with Crippen molar-refractivity contribution in [3.8, 4) is 11.5 Å². The average molecular weight is 408 g/mol. The van der Waals surface area contributed by atoms with Crippen LogP contribution >= 0.6 is 11.6 Å². The van der Waals surface area contributed by atoms with Crippen molar-refractivity contribution in [2.24, 2.45) is 5.14 Å². The van der Waals surface area contributed by atoms with E-state index in [9.17, 15) is 13.2 Å². The van der Waals surface area contributed by atoms with Crippen LogP contribution in [0.2, 0.25) is 5.02 Å². The first kappa shape index (κ1) is 19.0. The molecule has 1 aromatic heterocycles. The van der Waals surface area contributed by atoms with Crippen LogP contribution in [0.25, 0.3) is 11.5 Å². The van der Waals surface area contributed by atoms with Crippen molar-refractivity contribution in [3.05, 3.63) is 65.0 Å². The first-order chi connectivity index (χ1) is 12.8. The fraction of sp³-hybridized carbons (Fsp3) is 0.118. The number of hydrogen-bond donors (Lipinski definition) is 1. The summed E-state index contributed by atoms with van der Waals surface area (Å²) in [6.45, 7) is 1.54. The van der Waals surface area contributed by atoms with Crippen LogP contribution in [-0.2, 0) is 14.8 Å². The van der Waals surface area contributed by atoms with Crippen molar-refractivity contribution in [3.63, 3.8) is 0 Å². The summed E-state index contributed by atoms with van der Waals surface area (Å²) in [6, 6.07) is 12.6. The van der Waals surface area contributed by atoms with Gasteiger partial charge in [-0.05, 0) is 37.3 Å². The van der Waals surface area contributed by atoms with Gasteiger partial charge < -0.3 is 9.15 Å². The van der Waals surface area contributed by atoms with Crippen LogP contribution in [-0.4, -0.2) is 24.6 Å². The van der Waals surface area contributed by atoms with E-state index >= 15 is 0 Å². The number of aromatic nitrogens is 2. The Morgan fingerprint density at radius 1 is 1.19 bits per heavy atom. The topological polar surface area (TPSA) is 125 Å². The molecule has 0 unspecified atom stereocenters. The zero-order chi connectivity index (χ0) is 19.6. The highest BCUT2D eigenvalue weighted by molar-refractivity contribution is 7.89. The molecule has 0 saturated carbocycles. The van der Waals surface area contributed by atoms with E-state index < -0.39 is 22.1 Å². The molecule has 140 valence electrons. The fourth-order valence-corrected chi connectivity index (χ4v) is 2.94. The number of ether oxygens (including phenoxy) is 1. The van der Waals surface area contributed by atoms with E-state index in [0.717, 1.165) is 11.6 Å². The Morgan fingerprint density at radius 2 is 1.89 bits per heavy atom. The predicted octanol–water partition coefficient (Wildman–Crippen LogP) is 2.96. The smallest absolute Gasteiger partial charge is 0.340 e. The van der Waals surface area contributed by atoms with Crippen LogP contribution in [0.1, 0.15) is 29.3 Å². The maximum atomic E-state index is 12.4. The third-order valence-corrected chi connectivity index (χ3v) is 4.82. The van der Waals surface area contributed by atoms with Crippen molar-refractivity contribution in [2.75, 3.05) is 0 Å². The lowest BCUT2D eigenvalue weighted by Gasteiger charge is -2.11. The van der Waals surface area contributed by atoms with Crippen molar-refractivity contribution in [2.45, 2.75) is 17.9 Å². The number of sulfonamides is 1. The van der Waals surface area contributed by atoms with E-state index in [1.807, 2.05) is 18.2 Å². The van der Waals surface area contributed by atoms with Crippen molar-refractivity contribution in [1.29, 1.82) is 0 Å². The first-order valence-electron chi connectivity index (χ1n) is 7.68. The third kappa shape index (κ3) is 4.33. The molecule has 0 saturated heterocycles. The summed E-state index contributed by atoms with van der Waals surface area (Å²) in [5, 5.41) is 12.9. The number of rotatable bonds is 5. The minimum atomic E-state index is -3.99. The molecule has 1 atom stereocenters. The van der Waals surface area contributed by atoms with Gasteiger partial charge in [-0.1, -0.05) is 29.8 Å². The molecule has 2 aromatic carbocycles. The number of nitrogens with zero attached hydrogens (tertiary/aromatic N) is 2. The van der Waals surface area contributed by atoms with Crippen LogP contribution in [0.4, 0.5) is 0 Å². The molecule has 0 aliphatic carbocycles. The molecule has 8 nitrogen and oxygen atoms in total. The first-order valence-corrected chi connectivity index (χ1v) is 9.60. The van der Waals surface area contributed by atoms with Crippen LogP contribution in [0, 0.1) is 0 Å². The Morgan fingerprint density at radius 3 is 2.56 bits per heavy atom. The van der Waals surface area contributed by atoms with E-state index in [0.29, 0.717) is 0 Å². The van der Waals surface area contributed by atoms with Gasteiger partial charge in [-0.25, -0.2) is 18.4 Å². The van der Waals surface area contributed by atoms with E-state index in [1.54, 1.807) is 12.1 Å². The van der Waals surface area contributed by atoms with Crippen LogP contribution < -0.4 is 5.14 Å². The van der Waals surface area contributed by atoms with Crippen LogP contribution in [0.5, 0.6) is 0 Å². The zero-order valence-corrected chi connectivity index (χ0v) is 15.6. The van der Waals surface area contributed by atoms with Crippen LogP contribution in [0.15, 0.2) is 57.8 Å². The standard InChI is InChI=1S/C17H14ClN3O5S/c1-10(15-20-21-16(26-15)11-5-3-2-4-6-11)25-17(22)13-9-12(27(19,23)24)7-8-14(13)18/h2-10H,1H3,(H2,19,23,24)/t10-/m0/s1. The van der Waals surface area contributed by atoms with Gasteiger partial charge in [0.25, 0.3) is 5.89 Å². The number of nitrogens with two attached hydrogens (primary N) is 1. The van der Waals surface area contributed by atoms with Gasteiger partial charge in [-0.15, -0.1) is 10.2 Å². The van der Waals surface area contributed by atoms with Gasteiger partial charge in [0.05, 0.1) is 15.5 Å². The molecule has 0 fully saturated rings. The molecule has 27 heavy (non-hydrogen) atoms. The van der Waals surface area contributed by atoms with E-state index in [-0.39, 0.29) is 27.3 Å². The van der Waals surface area contributed by atoms with Gasteiger partial charge in [0.2, 0.25) is 15.9 Å². The summed E-state index contributed by atoms with van der Waals surface area (Å²) in [7, 11) is -3.99. The highest BCUT2D eigenvalue weighted by Crippen LogP contribution is 2.25. The van der Waals surface area contributed by atoms with Gasteiger partial charge in [0, 0.05) is 5.56 Å². The molecule has 0 bridgehead atoms. The van der Waals surface area contributed by atoms with Crippen LogP contribution in [0.3, 0.4) is 0 Å². The maximum Gasteiger partial charge on any atom is 0.340 e. The lowest BCUT2D eigenvalue weighted by molar-refractivity contribution is 0.0280. The minimum absolute atomic E-state index is 0.0232. The predicted molar refractivity (Wildman–Crippen MR) is 96.4 cm³/mol. The molecule has 0 amide bonds. The lowest BCUT2D eigenvalue weighted by Crippen LogP contribution is -2.15. The summed E-state index contributed by atoms with van der Waals surface area (Å²) < 4.78 is 33.7. The largest absolute Gasteiger partial charge is 0.449 e. The molecular weight excluding hydrogens is 394 g/mol. The Balaban J connectivity index is 1.80. The molecule has 3 aromatic rings. The molecule has 2 N–H and O–H groups in total. The Bertz CT molecular complexity index is 1080. The molecule has 1 heterocycles. The van der Waals surface area contributed by atoms with Gasteiger partial charge in [0.1, 0.15) is 0 Å². The van der Waals surface area contributed by atoms with Crippen molar-refractivity contribution >= 4 is 27.6 Å². The van der Waals surface area contributed by atoms with Gasteiger partial charge >= 0.3 is 5.97 Å². The van der Waals surface area contributed by atoms with Crippen molar-refractivity contribution < 1.29 is 22.4 Å². The SMILES string of the molecule is C[C@H](OC(=O)c1cc(S(N)(=O)=O)ccc1Cl)c1nnc(-c2ccccc2)o1. The van der Waals surface area contributed by atoms with Gasteiger partial charge in [0.15, 0.2) is 6.10 Å². The number of hydrogen-bond acceptors (Lipinski definition) is 7. The summed E-state index contributed by atoms with van der Waals surface area (Å²) in [5.41, 5.74) is 0.580. The maximum absolute atomic E-state index is 12.4. The highest BCUT2D eigenvalue weighted by Gasteiger charge is 2.23. The molecule has 0 aliphatic heterocycles. The Hall–Kier alpha value is -2.75. The van der Waals surface area contributed by atoms with Gasteiger partial charge in [-0.2, -0.15) is 0 Å². The zero-order valence-electron chi connectivity index (χ0n) is 14.0. The average Bonchev–Trinajstić information content (AvgIpc) is 3.12. The summed E-state index contributed by atoms with van der Waals surface area (Å²) in [4.78, 5) is 12.1. The number of carbonyl (C=O) groups is 1. The van der Waals surface area contributed by atoms with E-state index in [4.69, 9.17) is 25.9 Å². The summed E-state index contributed by atoms with van der Waals surface area (Å²) in [5.74, 6) is -0.485. The molecule has 3 rings (SSSR count). The normalized spacial score (nSPS) is 12.6. The molecule has 0 aliphatic rings. The number of halogens is 1. The van der Waals surface area contributed by atoms with Gasteiger partial charge in [-0.3, -0.25) is 0 Å². The monoisotopic (exact) mass is 407 g/mol. The van der Waals surface area contributed by atoms with E-state index in [1.165, 1.54) is 19.1 Å². The minimum Gasteiger partial charge on any atom is -0.449 e. The number of carbonyl (C=O) groups excluding carboxylic acids is 1. The summed E-state index contributed by atoms with van der Waals surface area (Å²) in [6.07, 6.45) is -0.878. The second-order valence-corrected chi connectivity index (χ2v) is 7.51. The molecule has 10 heteroatoms. The van der Waals surface area contributed by atoms with Crippen molar-refractivity contribution in [1.82, 2.24) is 10.2 Å². The quantitative estimate of drug-likeness (QED) is 0.644. The number of primary sulfonamides is 1. The van der Waals surface area contributed by atoms with E-state index in [2.05, 4.69) is 10.2 Å². The number of benzene rings is 2. The molecule has 0 radical (unpaired) electrons. The molecular formula is C17H14ClN3O5S. The second-order valence-electron chi connectivity index (χ2n) is 5.55. The summed E-state index contributed by atoms with van der Waals surface area (Å²) >= 11 is 5.97. The Kier molecular flexibility index (Phi) is 5.26. The lowest BCUT2D eigenvalue weighted by atomic mass is 10.2. The third-order valence-electron chi connectivity index (χ3n) is 3.58.